The van der Waals surface area contributed by atoms with E-state index in [0.29, 0.717) is 11.3 Å². The topological polar surface area (TPSA) is 58.2 Å². The third-order valence-corrected chi connectivity index (χ3v) is 3.21. The van der Waals surface area contributed by atoms with Gasteiger partial charge in [-0.15, -0.1) is 0 Å². The van der Waals surface area contributed by atoms with Gasteiger partial charge in [0.15, 0.2) is 5.78 Å². The molecule has 18 heavy (non-hydrogen) atoms. The molecule has 1 amide bonds. The van der Waals surface area contributed by atoms with Crippen LogP contribution in [0.2, 0.25) is 0 Å². The van der Waals surface area contributed by atoms with E-state index in [1.807, 2.05) is 12.1 Å². The van der Waals surface area contributed by atoms with Crippen LogP contribution in [0.3, 0.4) is 0 Å². The van der Waals surface area contributed by atoms with Crippen molar-refractivity contribution < 1.29 is 9.59 Å². The predicted octanol–water partition coefficient (Wildman–Crippen LogP) is 1.83. The van der Waals surface area contributed by atoms with Crippen molar-refractivity contribution in [1.82, 2.24) is 5.32 Å². The van der Waals surface area contributed by atoms with E-state index < -0.39 is 0 Å². The molecule has 0 unspecified atom stereocenters. The summed E-state index contributed by atoms with van der Waals surface area (Å²) in [5.74, 6) is 0.0579. The first-order chi connectivity index (χ1) is 8.68. The lowest BCUT2D eigenvalue weighted by Crippen LogP contribution is -2.32. The number of amides is 1. The Morgan fingerprint density at radius 3 is 2.56 bits per heavy atom. The van der Waals surface area contributed by atoms with E-state index in [9.17, 15) is 9.59 Å². The fourth-order valence-electron chi connectivity index (χ4n) is 2.30. The molecule has 1 aliphatic heterocycles. The number of nitrogens with one attached hydrogen (secondary N) is 2. The molecule has 2 rings (SSSR count). The number of hydrogen-bond donors (Lipinski definition) is 2. The third-order valence-electron chi connectivity index (χ3n) is 3.21. The first-order valence-corrected chi connectivity index (χ1v) is 6.30. The maximum absolute atomic E-state index is 12.4. The molecular formula is C14H18N2O2. The summed E-state index contributed by atoms with van der Waals surface area (Å²) in [7, 11) is 0. The number of hydrogen-bond acceptors (Lipinski definition) is 3. The number of carbonyl (C=O) groups excluding carboxylic acids is 2. The smallest absolute Gasteiger partial charge is 0.221 e. The molecule has 0 radical (unpaired) electrons. The Morgan fingerprint density at radius 1 is 1.22 bits per heavy atom. The van der Waals surface area contributed by atoms with Gasteiger partial charge in [-0.05, 0) is 38.1 Å². The fraction of sp³-hybridized carbons (Fsp3) is 0.429. The first-order valence-electron chi connectivity index (χ1n) is 6.30. The van der Waals surface area contributed by atoms with Crippen LogP contribution in [0, 0.1) is 5.92 Å². The first kappa shape index (κ1) is 12.8. The largest absolute Gasteiger partial charge is 0.326 e. The van der Waals surface area contributed by atoms with Crippen molar-refractivity contribution in [3.05, 3.63) is 29.8 Å². The molecule has 4 heteroatoms. The van der Waals surface area contributed by atoms with E-state index in [1.54, 1.807) is 12.1 Å². The molecule has 2 N–H and O–H groups in total. The van der Waals surface area contributed by atoms with Crippen LogP contribution in [0.15, 0.2) is 24.3 Å². The van der Waals surface area contributed by atoms with Crippen LogP contribution in [-0.4, -0.2) is 24.8 Å². The summed E-state index contributed by atoms with van der Waals surface area (Å²) in [5, 5.41) is 5.96. The number of ketones is 1. The van der Waals surface area contributed by atoms with Gasteiger partial charge < -0.3 is 10.6 Å². The van der Waals surface area contributed by atoms with Gasteiger partial charge in [-0.1, -0.05) is 12.1 Å². The molecule has 0 aliphatic carbocycles. The summed E-state index contributed by atoms with van der Waals surface area (Å²) >= 11 is 0. The highest BCUT2D eigenvalue weighted by molar-refractivity contribution is 6.05. The second-order valence-corrected chi connectivity index (χ2v) is 4.62. The van der Waals surface area contributed by atoms with Crippen LogP contribution in [0.1, 0.15) is 30.1 Å². The highest BCUT2D eigenvalue weighted by atomic mass is 16.1. The summed E-state index contributed by atoms with van der Waals surface area (Å²) in [6.45, 7) is 3.23. The van der Waals surface area contributed by atoms with Gasteiger partial charge >= 0.3 is 0 Å². The Bertz CT molecular complexity index is 451. The van der Waals surface area contributed by atoms with E-state index in [0.717, 1.165) is 25.9 Å². The highest BCUT2D eigenvalue weighted by Gasteiger charge is 2.24. The zero-order chi connectivity index (χ0) is 13.0. The van der Waals surface area contributed by atoms with Crippen LogP contribution in [0.4, 0.5) is 5.69 Å². The van der Waals surface area contributed by atoms with E-state index in [-0.39, 0.29) is 17.6 Å². The zero-order valence-corrected chi connectivity index (χ0v) is 10.5. The zero-order valence-electron chi connectivity index (χ0n) is 10.5. The van der Waals surface area contributed by atoms with E-state index >= 15 is 0 Å². The van der Waals surface area contributed by atoms with Gasteiger partial charge in [-0.25, -0.2) is 0 Å². The monoisotopic (exact) mass is 246 g/mol. The molecule has 0 bridgehead atoms. The fourth-order valence-corrected chi connectivity index (χ4v) is 2.30. The van der Waals surface area contributed by atoms with Crippen LogP contribution >= 0.6 is 0 Å². The lowest BCUT2D eigenvalue weighted by Gasteiger charge is -2.22. The van der Waals surface area contributed by atoms with Gasteiger partial charge in [0.1, 0.15) is 0 Å². The van der Waals surface area contributed by atoms with Gasteiger partial charge in [0, 0.05) is 18.4 Å². The SMILES string of the molecule is CC(=O)Nc1ccccc1C(=O)C1CCNCC1. The molecule has 0 spiro atoms. The van der Waals surface area contributed by atoms with Crippen LogP contribution in [-0.2, 0) is 4.79 Å². The van der Waals surface area contributed by atoms with Crippen LogP contribution in [0.5, 0.6) is 0 Å². The third kappa shape index (κ3) is 2.96. The summed E-state index contributed by atoms with van der Waals surface area (Å²) in [6.07, 6.45) is 1.74. The van der Waals surface area contributed by atoms with Crippen LogP contribution in [0.25, 0.3) is 0 Å². The Labute approximate surface area is 107 Å². The normalized spacial score (nSPS) is 16.3. The number of rotatable bonds is 3. The number of carbonyl (C=O) groups is 2. The molecule has 4 nitrogen and oxygen atoms in total. The molecule has 1 aromatic rings. The van der Waals surface area contributed by atoms with Crippen molar-refractivity contribution in [3.8, 4) is 0 Å². The van der Waals surface area contributed by atoms with Gasteiger partial charge in [0.2, 0.25) is 5.91 Å². The molecular weight excluding hydrogens is 228 g/mol. The van der Waals surface area contributed by atoms with Crippen molar-refractivity contribution in [3.63, 3.8) is 0 Å². The average molecular weight is 246 g/mol. The summed E-state index contributed by atoms with van der Waals surface area (Å²) in [4.78, 5) is 23.6. The Kier molecular flexibility index (Phi) is 4.10. The second-order valence-electron chi connectivity index (χ2n) is 4.62. The molecule has 1 fully saturated rings. The number of piperidine rings is 1. The molecule has 0 saturated carbocycles. The number of para-hydroxylation sites is 1. The minimum Gasteiger partial charge on any atom is -0.326 e. The van der Waals surface area contributed by atoms with Gasteiger partial charge in [-0.2, -0.15) is 0 Å². The van der Waals surface area contributed by atoms with Crippen LogP contribution < -0.4 is 10.6 Å². The van der Waals surface area contributed by atoms with Crippen molar-refractivity contribution in [2.75, 3.05) is 18.4 Å². The van der Waals surface area contributed by atoms with Gasteiger partial charge in [-0.3, -0.25) is 9.59 Å². The Balaban J connectivity index is 2.20. The highest BCUT2D eigenvalue weighted by Crippen LogP contribution is 2.23. The predicted molar refractivity (Wildman–Crippen MR) is 70.7 cm³/mol. The quantitative estimate of drug-likeness (QED) is 0.800. The number of anilines is 1. The number of benzene rings is 1. The second kappa shape index (κ2) is 5.78. The van der Waals surface area contributed by atoms with Crippen molar-refractivity contribution in [2.45, 2.75) is 19.8 Å². The summed E-state index contributed by atoms with van der Waals surface area (Å²) in [5.41, 5.74) is 1.24. The van der Waals surface area contributed by atoms with Crippen molar-refractivity contribution >= 4 is 17.4 Å². The lowest BCUT2D eigenvalue weighted by molar-refractivity contribution is -0.114. The Hall–Kier alpha value is -1.68. The maximum Gasteiger partial charge on any atom is 0.221 e. The lowest BCUT2D eigenvalue weighted by atomic mass is 9.89. The number of Topliss-reactive ketones (excluding diaryl/α,β-unsaturated/α-hetero) is 1. The molecule has 1 saturated heterocycles. The summed E-state index contributed by atoms with van der Waals surface area (Å²) in [6, 6.07) is 7.22. The minimum atomic E-state index is -0.152. The van der Waals surface area contributed by atoms with Crippen molar-refractivity contribution in [1.29, 1.82) is 0 Å². The molecule has 1 heterocycles. The molecule has 96 valence electrons. The maximum atomic E-state index is 12.4. The van der Waals surface area contributed by atoms with E-state index in [1.165, 1.54) is 6.92 Å². The van der Waals surface area contributed by atoms with Gasteiger partial charge in [0.05, 0.1) is 5.69 Å². The van der Waals surface area contributed by atoms with E-state index in [2.05, 4.69) is 10.6 Å². The molecule has 0 aromatic heterocycles. The molecule has 1 aliphatic rings. The minimum absolute atomic E-state index is 0.0705. The van der Waals surface area contributed by atoms with E-state index in [4.69, 9.17) is 0 Å². The Morgan fingerprint density at radius 2 is 1.89 bits per heavy atom. The molecule has 0 atom stereocenters. The average Bonchev–Trinajstić information content (AvgIpc) is 2.39. The van der Waals surface area contributed by atoms with Gasteiger partial charge in [0.25, 0.3) is 0 Å². The van der Waals surface area contributed by atoms with Crippen molar-refractivity contribution in [2.24, 2.45) is 5.92 Å². The summed E-state index contributed by atoms with van der Waals surface area (Å²) < 4.78 is 0. The standard InChI is InChI=1S/C14H18N2O2/c1-10(17)16-13-5-3-2-4-12(13)14(18)11-6-8-15-9-7-11/h2-5,11,15H,6-9H2,1H3,(H,16,17). The molecule has 1 aromatic carbocycles.